The number of carbonyl (C=O) groups is 2. The van der Waals surface area contributed by atoms with Gasteiger partial charge in [0, 0.05) is 37.3 Å². The van der Waals surface area contributed by atoms with Gasteiger partial charge in [0.15, 0.2) is 6.61 Å². The van der Waals surface area contributed by atoms with E-state index in [1.807, 2.05) is 24.3 Å². The molecule has 0 spiro atoms. The number of ether oxygens (including phenoxy) is 1. The lowest BCUT2D eigenvalue weighted by Crippen LogP contribution is -2.55. The van der Waals surface area contributed by atoms with Gasteiger partial charge in [-0.3, -0.25) is 14.5 Å². The molecule has 3 rings (SSSR count). The number of likely N-dealkylation sites (tertiary alicyclic amines) is 1. The summed E-state index contributed by atoms with van der Waals surface area (Å²) in [5.74, 6) is 1.40. The molecule has 6 nitrogen and oxygen atoms in total. The van der Waals surface area contributed by atoms with Crippen LogP contribution < -0.4 is 15.0 Å². The van der Waals surface area contributed by atoms with Crippen molar-refractivity contribution < 1.29 is 14.3 Å². The van der Waals surface area contributed by atoms with Crippen molar-refractivity contribution in [3.05, 3.63) is 24.3 Å². The van der Waals surface area contributed by atoms with Gasteiger partial charge in [-0.15, -0.1) is 0 Å². The van der Waals surface area contributed by atoms with Gasteiger partial charge < -0.3 is 15.0 Å². The number of hydrogen-bond acceptors (Lipinski definition) is 4. The Morgan fingerprint density at radius 3 is 2.61 bits per heavy atom. The predicted molar refractivity (Wildman–Crippen MR) is 111 cm³/mol. The quantitative estimate of drug-likeness (QED) is 0.782. The number of piperidine rings is 1. The van der Waals surface area contributed by atoms with Gasteiger partial charge in [0.05, 0.1) is 0 Å². The highest BCUT2D eigenvalue weighted by atomic mass is 16.5. The fourth-order valence-electron chi connectivity index (χ4n) is 4.01. The minimum atomic E-state index is -0.114. The van der Waals surface area contributed by atoms with Crippen molar-refractivity contribution in [2.75, 3.05) is 37.7 Å². The van der Waals surface area contributed by atoms with Crippen molar-refractivity contribution in [2.24, 2.45) is 5.92 Å². The number of benzene rings is 1. The molecule has 1 aromatic rings. The lowest BCUT2D eigenvalue weighted by Gasteiger charge is -2.43. The molecule has 2 saturated heterocycles. The van der Waals surface area contributed by atoms with E-state index >= 15 is 0 Å². The average Bonchev–Trinajstić information content (AvgIpc) is 3.11. The Morgan fingerprint density at radius 1 is 1.21 bits per heavy atom. The van der Waals surface area contributed by atoms with E-state index < -0.39 is 0 Å². The highest BCUT2D eigenvalue weighted by molar-refractivity contribution is 5.95. The van der Waals surface area contributed by atoms with E-state index in [1.54, 1.807) is 4.90 Å². The van der Waals surface area contributed by atoms with Gasteiger partial charge in [0.25, 0.3) is 5.91 Å². The molecule has 0 radical (unpaired) electrons. The molecule has 28 heavy (non-hydrogen) atoms. The van der Waals surface area contributed by atoms with Crippen molar-refractivity contribution >= 4 is 17.5 Å². The predicted octanol–water partition coefficient (Wildman–Crippen LogP) is 2.82. The summed E-state index contributed by atoms with van der Waals surface area (Å²) >= 11 is 0. The fraction of sp³-hybridized carbons (Fsp3) is 0.636. The molecule has 6 heteroatoms. The molecule has 2 fully saturated rings. The van der Waals surface area contributed by atoms with E-state index in [-0.39, 0.29) is 24.0 Å². The van der Waals surface area contributed by atoms with Gasteiger partial charge in [-0.1, -0.05) is 6.92 Å². The van der Waals surface area contributed by atoms with Gasteiger partial charge >= 0.3 is 0 Å². The summed E-state index contributed by atoms with van der Waals surface area (Å²) in [4.78, 5) is 28.3. The van der Waals surface area contributed by atoms with Crippen LogP contribution in [0.15, 0.2) is 24.3 Å². The molecule has 2 amide bonds. The number of hydrogen-bond donors (Lipinski definition) is 1. The summed E-state index contributed by atoms with van der Waals surface area (Å²) in [7, 11) is 0. The standard InChI is InChI=1S/C22H33N3O3/c1-17-6-4-12-24(14-17)22(2,3)16-23-20(26)15-28-19-10-8-18(9-11-19)25-13-5-7-21(25)27/h8-11,17H,4-7,12-16H2,1-3H3,(H,23,26). The van der Waals surface area contributed by atoms with Gasteiger partial charge in [0.1, 0.15) is 5.75 Å². The molecule has 2 aliphatic heterocycles. The molecule has 0 saturated carbocycles. The Kier molecular flexibility index (Phi) is 6.60. The SMILES string of the molecule is CC1CCCN(C(C)(C)CNC(=O)COc2ccc(N3CCCC3=O)cc2)C1. The molecule has 1 unspecified atom stereocenters. The summed E-state index contributed by atoms with van der Waals surface area (Å²) in [6.07, 6.45) is 4.03. The first-order valence-corrected chi connectivity index (χ1v) is 10.4. The zero-order valence-corrected chi connectivity index (χ0v) is 17.4. The molecule has 1 N–H and O–H groups in total. The Hall–Kier alpha value is -2.08. The van der Waals surface area contributed by atoms with E-state index in [4.69, 9.17) is 4.74 Å². The molecule has 0 aliphatic carbocycles. The van der Waals surface area contributed by atoms with E-state index in [2.05, 4.69) is 31.0 Å². The van der Waals surface area contributed by atoms with Crippen LogP contribution in [0.2, 0.25) is 0 Å². The molecular formula is C22H33N3O3. The minimum absolute atomic E-state index is 0.00548. The van der Waals surface area contributed by atoms with E-state index in [0.29, 0.717) is 24.6 Å². The molecule has 154 valence electrons. The topological polar surface area (TPSA) is 61.9 Å². The molecule has 1 aromatic carbocycles. The summed E-state index contributed by atoms with van der Waals surface area (Å²) in [5, 5.41) is 3.01. The van der Waals surface area contributed by atoms with Crippen molar-refractivity contribution in [1.29, 1.82) is 0 Å². The second kappa shape index (κ2) is 8.95. The first-order chi connectivity index (χ1) is 13.3. The third-order valence-corrected chi connectivity index (χ3v) is 5.82. The maximum atomic E-state index is 12.2. The second-order valence-corrected chi connectivity index (χ2v) is 8.71. The zero-order chi connectivity index (χ0) is 20.1. The van der Waals surface area contributed by atoms with E-state index in [1.165, 1.54) is 12.8 Å². The van der Waals surface area contributed by atoms with E-state index in [9.17, 15) is 9.59 Å². The summed E-state index contributed by atoms with van der Waals surface area (Å²) < 4.78 is 5.61. The van der Waals surface area contributed by atoms with Crippen molar-refractivity contribution in [3.63, 3.8) is 0 Å². The number of anilines is 1. The van der Waals surface area contributed by atoms with Gasteiger partial charge in [-0.05, 0) is 69.8 Å². The lowest BCUT2D eigenvalue weighted by atomic mass is 9.93. The van der Waals surface area contributed by atoms with Crippen LogP contribution in [-0.2, 0) is 9.59 Å². The maximum absolute atomic E-state index is 12.2. The van der Waals surface area contributed by atoms with Crippen molar-refractivity contribution in [3.8, 4) is 5.75 Å². The number of rotatable bonds is 7. The highest BCUT2D eigenvalue weighted by Crippen LogP contribution is 2.24. The van der Waals surface area contributed by atoms with Gasteiger partial charge in [-0.2, -0.15) is 0 Å². The fourth-order valence-corrected chi connectivity index (χ4v) is 4.01. The third-order valence-electron chi connectivity index (χ3n) is 5.82. The molecule has 1 atom stereocenters. The lowest BCUT2D eigenvalue weighted by molar-refractivity contribution is -0.123. The Labute approximate surface area is 168 Å². The highest BCUT2D eigenvalue weighted by Gasteiger charge is 2.30. The Bertz CT molecular complexity index is 687. The smallest absolute Gasteiger partial charge is 0.258 e. The number of carbonyl (C=O) groups excluding carboxylic acids is 2. The minimum Gasteiger partial charge on any atom is -0.484 e. The van der Waals surface area contributed by atoms with Crippen LogP contribution in [0.4, 0.5) is 5.69 Å². The molecule has 2 heterocycles. The summed E-state index contributed by atoms with van der Waals surface area (Å²) in [6, 6.07) is 7.37. The first-order valence-electron chi connectivity index (χ1n) is 10.4. The Balaban J connectivity index is 1.43. The van der Waals surface area contributed by atoms with Crippen molar-refractivity contribution in [2.45, 2.75) is 52.0 Å². The van der Waals surface area contributed by atoms with Crippen LogP contribution in [0, 0.1) is 5.92 Å². The van der Waals surface area contributed by atoms with Crippen LogP contribution in [0.5, 0.6) is 5.75 Å². The largest absolute Gasteiger partial charge is 0.484 e. The maximum Gasteiger partial charge on any atom is 0.258 e. The second-order valence-electron chi connectivity index (χ2n) is 8.71. The molecule has 0 bridgehead atoms. The van der Waals surface area contributed by atoms with Crippen LogP contribution in [0.1, 0.15) is 46.5 Å². The van der Waals surface area contributed by atoms with Gasteiger partial charge in [0.2, 0.25) is 5.91 Å². The third kappa shape index (κ3) is 5.25. The van der Waals surface area contributed by atoms with Crippen LogP contribution in [0.3, 0.4) is 0 Å². The molecule has 0 aromatic heterocycles. The zero-order valence-electron chi connectivity index (χ0n) is 17.4. The molecular weight excluding hydrogens is 354 g/mol. The van der Waals surface area contributed by atoms with Crippen LogP contribution >= 0.6 is 0 Å². The first kappa shape index (κ1) is 20.6. The van der Waals surface area contributed by atoms with E-state index in [0.717, 1.165) is 31.7 Å². The van der Waals surface area contributed by atoms with Crippen LogP contribution in [0.25, 0.3) is 0 Å². The normalized spacial score (nSPS) is 21.0. The summed E-state index contributed by atoms with van der Waals surface area (Å²) in [6.45, 7) is 10.2. The Morgan fingerprint density at radius 2 is 1.96 bits per heavy atom. The van der Waals surface area contributed by atoms with Crippen molar-refractivity contribution in [1.82, 2.24) is 10.2 Å². The molecule has 2 aliphatic rings. The van der Waals surface area contributed by atoms with Gasteiger partial charge in [-0.25, -0.2) is 0 Å². The number of nitrogens with zero attached hydrogens (tertiary/aromatic N) is 2. The number of amides is 2. The number of nitrogens with one attached hydrogen (secondary N) is 1. The van der Waals surface area contributed by atoms with Crippen LogP contribution in [-0.4, -0.2) is 55.0 Å². The summed E-state index contributed by atoms with van der Waals surface area (Å²) in [5.41, 5.74) is 0.825. The monoisotopic (exact) mass is 387 g/mol. The average molecular weight is 388 g/mol.